The molecule has 2 aliphatic rings. The molecule has 0 aliphatic carbocycles. The van der Waals surface area contributed by atoms with E-state index in [1.54, 1.807) is 9.13 Å². The molecule has 0 amide bonds. The van der Waals surface area contributed by atoms with Crippen LogP contribution in [-0.2, 0) is 16.2 Å². The summed E-state index contributed by atoms with van der Waals surface area (Å²) in [6, 6.07) is 75.9. The number of hydrogen-bond donors (Lipinski definition) is 0. The standard InChI is InChI=1S/C102H83BN4/c1-100(2,3)74-58-83(68-36-18-12-19-37-68)98(85(60-74)72-42-30-40-70(56-72)66-32-14-10-15-33-66)106-93-64-77(104-89-48-26-22-44-79(89)80-45-23-27-49-90(80)104)52-54-87(93)103-88-55-53-78(105-91-50-28-24-46-81(91)82-47-25-29-51-92(82)105)65-94(88)107(96-63-76(102(7,8)9)62-95(106)97(96)103)99-84(69-38-20-13-21-39-69)59-75(101(4,5)6)61-86(99)73-43-31-41-71(57-73)67-34-16-11-17-35-67/h10-65H,1-9H3/i22D,23D,24D,25D,26D,27D,28D,29D,44D,45D,46D,47D,48D,49D,50D,51D. The van der Waals surface area contributed by atoms with E-state index >= 15 is 0 Å². The number of fused-ring (bicyclic) bond motifs is 10. The third-order valence-corrected chi connectivity index (χ3v) is 21.6. The first-order valence-electron chi connectivity index (χ1n) is 44.5. The van der Waals surface area contributed by atoms with Crippen LogP contribution in [-0.4, -0.2) is 15.8 Å². The van der Waals surface area contributed by atoms with Crippen molar-refractivity contribution in [2.24, 2.45) is 0 Å². The summed E-state index contributed by atoms with van der Waals surface area (Å²) in [6.07, 6.45) is 0. The maximum absolute atomic E-state index is 9.95. The molecule has 0 unspecified atom stereocenters. The van der Waals surface area contributed by atoms with Crippen LogP contribution in [0.3, 0.4) is 0 Å². The zero-order valence-corrected chi connectivity index (χ0v) is 61.0. The van der Waals surface area contributed by atoms with Crippen molar-refractivity contribution in [1.29, 1.82) is 0 Å². The summed E-state index contributed by atoms with van der Waals surface area (Å²) in [4.78, 5) is 4.73. The highest BCUT2D eigenvalue weighted by atomic mass is 15.2. The minimum absolute atomic E-state index is 0.0521. The van der Waals surface area contributed by atoms with Gasteiger partial charge in [0.15, 0.2) is 0 Å². The third kappa shape index (κ3) is 11.0. The van der Waals surface area contributed by atoms with Crippen LogP contribution in [0.1, 0.15) is 101 Å². The summed E-state index contributed by atoms with van der Waals surface area (Å²) >= 11 is 0. The molecular formula is C102H83BN4. The summed E-state index contributed by atoms with van der Waals surface area (Å²) in [5, 5.41) is -0.296. The van der Waals surface area contributed by atoms with Crippen LogP contribution in [0.2, 0.25) is 0 Å². The summed E-state index contributed by atoms with van der Waals surface area (Å²) < 4.78 is 156. The van der Waals surface area contributed by atoms with Gasteiger partial charge in [0.2, 0.25) is 0 Å². The van der Waals surface area contributed by atoms with Gasteiger partial charge in [-0.2, -0.15) is 0 Å². The van der Waals surface area contributed by atoms with Gasteiger partial charge < -0.3 is 18.9 Å². The Hall–Kier alpha value is -12.4. The number of aromatic nitrogens is 2. The fraction of sp³-hybridized carbons (Fsp3) is 0.118. The molecule has 2 aromatic heterocycles. The Morgan fingerprint density at radius 2 is 0.551 bits per heavy atom. The van der Waals surface area contributed by atoms with E-state index in [0.717, 1.165) is 123 Å². The van der Waals surface area contributed by atoms with E-state index in [-0.39, 0.29) is 43.6 Å². The van der Waals surface area contributed by atoms with Gasteiger partial charge in [-0.25, -0.2) is 0 Å². The second-order valence-corrected chi connectivity index (χ2v) is 31.3. The minimum atomic E-state index is -0.789. The van der Waals surface area contributed by atoms with Gasteiger partial charge in [0.25, 0.3) is 6.71 Å². The number of anilines is 6. The van der Waals surface area contributed by atoms with E-state index in [2.05, 4.69) is 206 Å². The molecule has 0 saturated heterocycles. The summed E-state index contributed by atoms with van der Waals surface area (Å²) in [7, 11) is 0. The van der Waals surface area contributed by atoms with Crippen LogP contribution >= 0.6 is 0 Å². The molecule has 2 aliphatic heterocycles. The van der Waals surface area contributed by atoms with Crippen molar-refractivity contribution in [2.45, 2.75) is 78.6 Å². The molecule has 4 nitrogen and oxygen atoms in total. The maximum atomic E-state index is 9.95. The molecule has 5 heteroatoms. The highest BCUT2D eigenvalue weighted by Crippen LogP contribution is 2.56. The predicted octanol–water partition coefficient (Wildman–Crippen LogP) is 25.9. The Kier molecular flexibility index (Phi) is 11.8. The van der Waals surface area contributed by atoms with E-state index in [0.29, 0.717) is 22.7 Å². The van der Waals surface area contributed by atoms with E-state index in [9.17, 15) is 16.4 Å². The van der Waals surface area contributed by atoms with Gasteiger partial charge in [-0.1, -0.05) is 305 Å². The molecule has 17 aromatic rings. The molecule has 0 spiro atoms. The van der Waals surface area contributed by atoms with E-state index < -0.39 is 120 Å². The van der Waals surface area contributed by atoms with Crippen LogP contribution < -0.4 is 26.2 Å². The van der Waals surface area contributed by atoms with Crippen molar-refractivity contribution in [3.05, 3.63) is 356 Å². The number of nitrogens with zero attached hydrogens (tertiary/aromatic N) is 4. The van der Waals surface area contributed by atoms with Gasteiger partial charge in [0, 0.05) is 77.9 Å². The average molecular weight is 1390 g/mol. The van der Waals surface area contributed by atoms with E-state index in [1.807, 2.05) is 109 Å². The molecule has 514 valence electrons. The van der Waals surface area contributed by atoms with Crippen LogP contribution in [0.25, 0.3) is 122 Å². The first-order chi connectivity index (χ1) is 58.6. The molecule has 107 heavy (non-hydrogen) atoms. The smallest absolute Gasteiger partial charge is 0.252 e. The number of benzene rings is 15. The van der Waals surface area contributed by atoms with Gasteiger partial charge in [-0.3, -0.25) is 0 Å². The van der Waals surface area contributed by atoms with Crippen molar-refractivity contribution in [3.8, 4) is 78.1 Å². The molecule has 4 heterocycles. The van der Waals surface area contributed by atoms with Gasteiger partial charge in [0.1, 0.15) is 0 Å². The van der Waals surface area contributed by atoms with Gasteiger partial charge in [-0.15, -0.1) is 0 Å². The fourth-order valence-corrected chi connectivity index (χ4v) is 16.2. The third-order valence-electron chi connectivity index (χ3n) is 21.6. The van der Waals surface area contributed by atoms with E-state index in [4.69, 9.17) is 5.48 Å². The molecule has 0 atom stereocenters. The Morgan fingerprint density at radius 3 is 0.888 bits per heavy atom. The lowest BCUT2D eigenvalue weighted by molar-refractivity contribution is 0.590. The second-order valence-electron chi connectivity index (χ2n) is 31.3. The zero-order valence-electron chi connectivity index (χ0n) is 77.0. The van der Waals surface area contributed by atoms with Gasteiger partial charge in [0.05, 0.1) is 55.4 Å². The van der Waals surface area contributed by atoms with Crippen LogP contribution in [0.5, 0.6) is 0 Å². The summed E-state index contributed by atoms with van der Waals surface area (Å²) in [5.41, 5.74) is 19.3. The highest BCUT2D eigenvalue weighted by Gasteiger charge is 2.47. The minimum Gasteiger partial charge on any atom is -0.310 e. The average Bonchev–Trinajstić information content (AvgIpc) is 1.67. The topological polar surface area (TPSA) is 16.3 Å². The maximum Gasteiger partial charge on any atom is 0.252 e. The molecule has 0 N–H and O–H groups in total. The summed E-state index contributed by atoms with van der Waals surface area (Å²) in [5.74, 6) is 0. The SMILES string of the molecule is [2H]c1c([2H])c([2H])c2c(c1[2H])c1c([2H])c([2H])c([2H])c([2H])c1n2-c1ccc2c(c1)N(c1c(-c3ccccc3)cc(C(C)(C)C)cc1-c1cccc(-c3ccccc3)c1)c1cc(C(C)(C)C)cc3c1B2c1ccc(-n2c4c([2H])c([2H])c([2H])c([2H])c4c4c([2H])c([2H])c([2H])c([2H])c42)cc1N3c1c(-c2ccccc2)cc(C(C)(C)C)cc1-c1cccc(-c2ccccc2)c1. The van der Waals surface area contributed by atoms with Gasteiger partial charge >= 0.3 is 0 Å². The van der Waals surface area contributed by atoms with Crippen molar-refractivity contribution in [2.75, 3.05) is 9.80 Å². The fourth-order valence-electron chi connectivity index (χ4n) is 16.2. The molecule has 0 radical (unpaired) electrons. The monoisotopic (exact) mass is 1390 g/mol. The Bertz CT molecular complexity index is 6810. The zero-order chi connectivity index (χ0) is 86.5. The van der Waals surface area contributed by atoms with Crippen molar-refractivity contribution in [1.82, 2.24) is 9.13 Å². The largest absolute Gasteiger partial charge is 0.310 e. The second kappa shape index (κ2) is 25.1. The van der Waals surface area contributed by atoms with Gasteiger partial charge in [-0.05, 0) is 191 Å². The Balaban J connectivity index is 1.04. The Morgan fingerprint density at radius 1 is 0.262 bits per heavy atom. The van der Waals surface area contributed by atoms with Crippen LogP contribution in [0.4, 0.5) is 34.1 Å². The lowest BCUT2D eigenvalue weighted by atomic mass is 9.33. The number of rotatable bonds is 10. The first kappa shape index (κ1) is 50.1. The molecule has 0 saturated carbocycles. The van der Waals surface area contributed by atoms with Crippen molar-refractivity contribution >= 4 is 101 Å². The summed E-state index contributed by atoms with van der Waals surface area (Å²) in [6.45, 7) is 19.1. The van der Waals surface area contributed by atoms with Crippen molar-refractivity contribution in [3.63, 3.8) is 0 Å². The van der Waals surface area contributed by atoms with E-state index in [1.165, 1.54) is 0 Å². The quantitative estimate of drug-likeness (QED) is 0.127. The molecule has 15 aromatic carbocycles. The van der Waals surface area contributed by atoms with Crippen LogP contribution in [0, 0.1) is 0 Å². The first-order valence-corrected chi connectivity index (χ1v) is 36.5. The lowest BCUT2D eigenvalue weighted by Gasteiger charge is -2.47. The highest BCUT2D eigenvalue weighted by molar-refractivity contribution is 7.00. The number of para-hydroxylation sites is 4. The molecular weight excluding hydrogens is 1290 g/mol. The molecule has 19 rings (SSSR count). The molecule has 0 fully saturated rings. The normalized spacial score (nSPS) is 14.9. The van der Waals surface area contributed by atoms with Crippen molar-refractivity contribution < 1.29 is 21.9 Å². The lowest BCUT2D eigenvalue weighted by Crippen LogP contribution is -2.61. The number of hydrogen-bond acceptors (Lipinski definition) is 2. The Labute approximate surface area is 651 Å². The predicted molar refractivity (Wildman–Crippen MR) is 458 cm³/mol. The van der Waals surface area contributed by atoms with Crippen LogP contribution in [0.15, 0.2) is 339 Å². The molecule has 0 bridgehead atoms.